The molecule has 3 aromatic rings. The van der Waals surface area contributed by atoms with E-state index in [0.29, 0.717) is 55.2 Å². The van der Waals surface area contributed by atoms with Crippen LogP contribution in [0.2, 0.25) is 0 Å². The molecule has 3 heterocycles. The lowest BCUT2D eigenvalue weighted by atomic mass is 10.0. The average Bonchev–Trinajstić information content (AvgIpc) is 3.68. The van der Waals surface area contributed by atoms with Crippen molar-refractivity contribution in [3.63, 3.8) is 0 Å². The van der Waals surface area contributed by atoms with Crippen LogP contribution in [-0.2, 0) is 19.6 Å². The third kappa shape index (κ3) is 4.22. The monoisotopic (exact) mass is 501 g/mol. The number of amides is 3. The van der Waals surface area contributed by atoms with E-state index in [1.807, 2.05) is 36.1 Å². The Morgan fingerprint density at radius 3 is 2.59 bits per heavy atom. The quantitative estimate of drug-likeness (QED) is 0.581. The molecule has 0 unspecified atom stereocenters. The molecular weight excluding hydrogens is 470 g/mol. The molecular formula is C28H31N5O4. The van der Waals surface area contributed by atoms with Crippen LogP contribution in [0.15, 0.2) is 52.1 Å². The number of anilines is 1. The van der Waals surface area contributed by atoms with Crippen LogP contribution in [0.1, 0.15) is 48.5 Å². The van der Waals surface area contributed by atoms with Crippen LogP contribution in [0.3, 0.4) is 0 Å². The number of likely N-dealkylation sites (tertiary alicyclic amines) is 1. The van der Waals surface area contributed by atoms with Crippen LogP contribution in [0, 0.1) is 5.92 Å². The lowest BCUT2D eigenvalue weighted by Crippen LogP contribution is -2.51. The lowest BCUT2D eigenvalue weighted by Gasteiger charge is -2.37. The topological polar surface area (TPSA) is 96.6 Å². The minimum absolute atomic E-state index is 0.0295. The van der Waals surface area contributed by atoms with Crippen LogP contribution < -0.4 is 16.6 Å². The number of carbonyl (C=O) groups is 2. The number of nitrogens with one attached hydrogen (secondary N) is 1. The van der Waals surface area contributed by atoms with Crippen LogP contribution in [0.4, 0.5) is 10.5 Å². The third-order valence-electron chi connectivity index (χ3n) is 7.90. The van der Waals surface area contributed by atoms with Crippen molar-refractivity contribution in [3.05, 3.63) is 74.4 Å². The highest BCUT2D eigenvalue weighted by atomic mass is 16.2. The van der Waals surface area contributed by atoms with Crippen molar-refractivity contribution in [2.45, 2.75) is 58.3 Å². The molecule has 6 rings (SSSR count). The molecule has 0 radical (unpaired) electrons. The fraction of sp³-hybridized carbons (Fsp3) is 0.429. The van der Waals surface area contributed by atoms with Gasteiger partial charge in [-0.05, 0) is 68.4 Å². The van der Waals surface area contributed by atoms with E-state index in [2.05, 4.69) is 5.32 Å². The summed E-state index contributed by atoms with van der Waals surface area (Å²) in [7, 11) is 0. The lowest BCUT2D eigenvalue weighted by molar-refractivity contribution is 0.0608. The van der Waals surface area contributed by atoms with Crippen molar-refractivity contribution in [2.24, 2.45) is 5.92 Å². The molecule has 192 valence electrons. The molecule has 2 aliphatic heterocycles. The van der Waals surface area contributed by atoms with E-state index >= 15 is 0 Å². The van der Waals surface area contributed by atoms with Gasteiger partial charge in [-0.15, -0.1) is 0 Å². The van der Waals surface area contributed by atoms with E-state index in [0.717, 1.165) is 36.8 Å². The zero-order valence-electron chi connectivity index (χ0n) is 21.0. The maximum atomic E-state index is 13.2. The third-order valence-corrected chi connectivity index (χ3v) is 7.90. The van der Waals surface area contributed by atoms with Crippen molar-refractivity contribution in [1.29, 1.82) is 0 Å². The fourth-order valence-electron chi connectivity index (χ4n) is 5.69. The van der Waals surface area contributed by atoms with E-state index in [1.165, 1.54) is 4.57 Å². The number of aromatic nitrogens is 2. The maximum Gasteiger partial charge on any atom is 0.331 e. The maximum absolute atomic E-state index is 13.2. The Hall–Kier alpha value is -3.88. The largest absolute Gasteiger partial charge is 0.331 e. The van der Waals surface area contributed by atoms with Gasteiger partial charge in [0.15, 0.2) is 0 Å². The summed E-state index contributed by atoms with van der Waals surface area (Å²) in [4.78, 5) is 55.9. The summed E-state index contributed by atoms with van der Waals surface area (Å²) < 4.78 is 2.96. The fourth-order valence-corrected chi connectivity index (χ4v) is 5.69. The van der Waals surface area contributed by atoms with Gasteiger partial charge in [0.1, 0.15) is 0 Å². The number of hydrogen-bond acceptors (Lipinski definition) is 4. The van der Waals surface area contributed by atoms with E-state index in [-0.39, 0.29) is 29.2 Å². The molecule has 1 saturated carbocycles. The summed E-state index contributed by atoms with van der Waals surface area (Å²) in [5, 5.41) is 3.37. The number of piperidine rings is 1. The van der Waals surface area contributed by atoms with Gasteiger partial charge in [-0.3, -0.25) is 18.7 Å². The molecule has 1 N–H and O–H groups in total. The van der Waals surface area contributed by atoms with Crippen LogP contribution in [0.25, 0.3) is 10.9 Å². The van der Waals surface area contributed by atoms with Gasteiger partial charge in [0.2, 0.25) is 0 Å². The van der Waals surface area contributed by atoms with E-state index < -0.39 is 0 Å². The summed E-state index contributed by atoms with van der Waals surface area (Å²) in [6, 6.07) is 12.5. The number of hydrogen-bond donors (Lipinski definition) is 1. The molecule has 0 spiro atoms. The predicted molar refractivity (Wildman–Crippen MR) is 141 cm³/mol. The first-order valence-corrected chi connectivity index (χ1v) is 13.2. The van der Waals surface area contributed by atoms with Gasteiger partial charge in [-0.2, -0.15) is 0 Å². The van der Waals surface area contributed by atoms with Gasteiger partial charge in [0, 0.05) is 44.0 Å². The standard InChI is InChI=1S/C28H31N5O4/c1-2-31-24-12-11-20(14-23(24)26(35)33(28(31)37)15-18-9-10-18)29-27(36)30-13-5-7-21(17-30)32-16-19-6-3-4-8-22(19)25(32)34/h3-4,6,8,11-12,14,18,21H,2,5,7,9-10,13,15-17H2,1H3,(H,29,36)/t21-/m1/s1. The molecule has 9 nitrogen and oxygen atoms in total. The Labute approximate surface area is 214 Å². The molecule has 2 fully saturated rings. The first-order chi connectivity index (χ1) is 17.9. The Morgan fingerprint density at radius 1 is 1.03 bits per heavy atom. The van der Waals surface area contributed by atoms with Gasteiger partial charge in [-0.25, -0.2) is 9.59 Å². The zero-order valence-corrected chi connectivity index (χ0v) is 21.0. The summed E-state index contributed by atoms with van der Waals surface area (Å²) >= 11 is 0. The van der Waals surface area contributed by atoms with Crippen LogP contribution in [0.5, 0.6) is 0 Å². The predicted octanol–water partition coefficient (Wildman–Crippen LogP) is 3.25. The number of urea groups is 1. The minimum atomic E-state index is -0.308. The molecule has 3 amide bonds. The molecule has 1 aromatic heterocycles. The molecule has 37 heavy (non-hydrogen) atoms. The van der Waals surface area contributed by atoms with Gasteiger partial charge in [-0.1, -0.05) is 18.2 Å². The summed E-state index contributed by atoms with van der Waals surface area (Å²) in [5.41, 5.74) is 2.29. The zero-order chi connectivity index (χ0) is 25.7. The molecule has 1 atom stereocenters. The normalized spacial score (nSPS) is 19.4. The Morgan fingerprint density at radius 2 is 1.84 bits per heavy atom. The van der Waals surface area contributed by atoms with Gasteiger partial charge >= 0.3 is 11.7 Å². The molecule has 1 aliphatic carbocycles. The highest BCUT2D eigenvalue weighted by molar-refractivity contribution is 5.98. The second-order valence-electron chi connectivity index (χ2n) is 10.4. The van der Waals surface area contributed by atoms with Crippen molar-refractivity contribution < 1.29 is 9.59 Å². The smallest absolute Gasteiger partial charge is 0.330 e. The number of nitrogens with zero attached hydrogens (tertiary/aromatic N) is 4. The van der Waals surface area contributed by atoms with Gasteiger partial charge < -0.3 is 15.1 Å². The van der Waals surface area contributed by atoms with Gasteiger partial charge in [0.25, 0.3) is 11.5 Å². The van der Waals surface area contributed by atoms with E-state index in [4.69, 9.17) is 0 Å². The van der Waals surface area contributed by atoms with Crippen molar-refractivity contribution >= 4 is 28.5 Å². The average molecular weight is 502 g/mol. The van der Waals surface area contributed by atoms with Crippen LogP contribution in [-0.4, -0.2) is 50.0 Å². The number of aryl methyl sites for hydroxylation is 1. The molecule has 2 aromatic carbocycles. The van der Waals surface area contributed by atoms with Crippen LogP contribution >= 0.6 is 0 Å². The second-order valence-corrected chi connectivity index (χ2v) is 10.4. The Kier molecular flexibility index (Phi) is 5.85. The second kappa shape index (κ2) is 9.21. The Balaban J connectivity index is 1.21. The first-order valence-electron chi connectivity index (χ1n) is 13.2. The van der Waals surface area contributed by atoms with E-state index in [1.54, 1.807) is 27.7 Å². The minimum Gasteiger partial charge on any atom is -0.330 e. The summed E-state index contributed by atoms with van der Waals surface area (Å²) in [5.74, 6) is 0.417. The first kappa shape index (κ1) is 23.5. The summed E-state index contributed by atoms with van der Waals surface area (Å²) in [6.07, 6.45) is 3.75. The van der Waals surface area contributed by atoms with Crippen molar-refractivity contribution in [3.8, 4) is 0 Å². The SMILES string of the molecule is CCn1c(=O)n(CC2CC2)c(=O)c2cc(NC(=O)N3CCC[C@@H](N4Cc5ccccc5C4=O)C3)ccc21. The van der Waals surface area contributed by atoms with Crippen molar-refractivity contribution in [2.75, 3.05) is 18.4 Å². The number of benzene rings is 2. The highest BCUT2D eigenvalue weighted by Crippen LogP contribution is 2.30. The molecule has 9 heteroatoms. The number of fused-ring (bicyclic) bond motifs is 2. The molecule has 3 aliphatic rings. The number of carbonyl (C=O) groups excluding carboxylic acids is 2. The van der Waals surface area contributed by atoms with Gasteiger partial charge in [0.05, 0.1) is 16.9 Å². The highest BCUT2D eigenvalue weighted by Gasteiger charge is 2.35. The van der Waals surface area contributed by atoms with Crippen molar-refractivity contribution in [1.82, 2.24) is 18.9 Å². The summed E-state index contributed by atoms with van der Waals surface area (Å²) in [6.45, 7) is 4.43. The molecule has 0 bridgehead atoms. The van der Waals surface area contributed by atoms with E-state index in [9.17, 15) is 19.2 Å². The molecule has 1 saturated heterocycles. The number of rotatable bonds is 5. The Bertz CT molecular complexity index is 1520.